The zero-order valence-electron chi connectivity index (χ0n) is 12.1. The van der Waals surface area contributed by atoms with Crippen LogP contribution in [-0.4, -0.2) is 33.7 Å². The van der Waals surface area contributed by atoms with Gasteiger partial charge in [-0.15, -0.1) is 22.0 Å². The highest BCUT2D eigenvalue weighted by molar-refractivity contribution is 8.01. The normalized spacial score (nSPS) is 17.9. The van der Waals surface area contributed by atoms with Crippen LogP contribution in [0, 0.1) is 0 Å². The quantitative estimate of drug-likeness (QED) is 0.856. The van der Waals surface area contributed by atoms with Gasteiger partial charge >= 0.3 is 0 Å². The number of amides is 1. The van der Waals surface area contributed by atoms with Crippen LogP contribution in [-0.2, 0) is 4.79 Å². The molecule has 2 aromatic rings. The minimum Gasteiger partial charge on any atom is -0.374 e. The number of hydrogen-bond donors (Lipinski definition) is 1. The number of nitrogens with zero attached hydrogens (tertiary/aromatic N) is 3. The Balaban J connectivity index is 1.74. The Hall–Kier alpha value is -1.25. The number of carbonyl (C=O) groups is 1. The Morgan fingerprint density at radius 3 is 3.05 bits per heavy atom. The number of carbonyl (C=O) groups excluding carboxylic acids is 1. The third-order valence-corrected chi connectivity index (χ3v) is 6.39. The van der Waals surface area contributed by atoms with Gasteiger partial charge in [0.25, 0.3) is 0 Å². The molecule has 116 valence electrons. The molecule has 1 atom stereocenters. The highest BCUT2D eigenvalue weighted by Gasteiger charge is 2.24. The van der Waals surface area contributed by atoms with Crippen LogP contribution in [0.3, 0.4) is 0 Å². The lowest BCUT2D eigenvalue weighted by Crippen LogP contribution is -2.33. The number of thioether (sulfide) groups is 2. The van der Waals surface area contributed by atoms with Crippen molar-refractivity contribution in [3.05, 3.63) is 24.3 Å². The number of nitrogens with two attached hydrogens (primary N) is 1. The second kappa shape index (κ2) is 6.89. The van der Waals surface area contributed by atoms with Crippen molar-refractivity contribution in [2.75, 3.05) is 22.9 Å². The van der Waals surface area contributed by atoms with Gasteiger partial charge in [-0.1, -0.05) is 42.2 Å². The number of anilines is 2. The van der Waals surface area contributed by atoms with Crippen molar-refractivity contribution in [2.24, 2.45) is 0 Å². The summed E-state index contributed by atoms with van der Waals surface area (Å²) >= 11 is 4.54. The van der Waals surface area contributed by atoms with Gasteiger partial charge in [-0.2, -0.15) is 0 Å². The summed E-state index contributed by atoms with van der Waals surface area (Å²) in [5.41, 5.74) is 6.57. The average Bonchev–Trinajstić information content (AvgIpc) is 2.84. The van der Waals surface area contributed by atoms with Crippen molar-refractivity contribution < 1.29 is 4.79 Å². The number of para-hydroxylation sites is 1. The van der Waals surface area contributed by atoms with E-state index >= 15 is 0 Å². The SMILES string of the molecule is C[C@H]1CCN(C(=O)CSc2nnc(N)s2)c2ccccc2S1. The molecule has 5 nitrogen and oxygen atoms in total. The van der Waals surface area contributed by atoms with Crippen molar-refractivity contribution >= 4 is 51.6 Å². The predicted molar refractivity (Wildman–Crippen MR) is 93.8 cm³/mol. The van der Waals surface area contributed by atoms with E-state index in [0.717, 1.165) is 23.0 Å². The van der Waals surface area contributed by atoms with Crippen LogP contribution in [0.4, 0.5) is 10.8 Å². The molecule has 0 unspecified atom stereocenters. The van der Waals surface area contributed by atoms with E-state index in [0.29, 0.717) is 16.1 Å². The van der Waals surface area contributed by atoms with Crippen LogP contribution in [0.15, 0.2) is 33.5 Å². The minimum absolute atomic E-state index is 0.0981. The summed E-state index contributed by atoms with van der Waals surface area (Å²) < 4.78 is 0.733. The first kappa shape index (κ1) is 15.6. The van der Waals surface area contributed by atoms with Gasteiger partial charge in [-0.25, -0.2) is 0 Å². The molecule has 1 aromatic heterocycles. The number of rotatable bonds is 3. The highest BCUT2D eigenvalue weighted by Crippen LogP contribution is 2.37. The van der Waals surface area contributed by atoms with E-state index in [2.05, 4.69) is 23.2 Å². The van der Waals surface area contributed by atoms with Crippen LogP contribution in [0.5, 0.6) is 0 Å². The van der Waals surface area contributed by atoms with E-state index in [1.807, 2.05) is 34.9 Å². The van der Waals surface area contributed by atoms with E-state index in [-0.39, 0.29) is 5.91 Å². The fourth-order valence-electron chi connectivity index (χ4n) is 2.23. The first-order valence-electron chi connectivity index (χ1n) is 6.91. The highest BCUT2D eigenvalue weighted by atomic mass is 32.2. The first-order valence-corrected chi connectivity index (χ1v) is 9.59. The number of aromatic nitrogens is 2. The second-order valence-corrected chi connectivity index (χ2v) is 8.64. The topological polar surface area (TPSA) is 72.1 Å². The summed E-state index contributed by atoms with van der Waals surface area (Å²) in [6.45, 7) is 2.96. The molecule has 1 aromatic carbocycles. The summed E-state index contributed by atoms with van der Waals surface area (Å²) in [5.74, 6) is 0.447. The lowest BCUT2D eigenvalue weighted by atomic mass is 10.2. The molecule has 1 amide bonds. The van der Waals surface area contributed by atoms with E-state index in [1.54, 1.807) is 0 Å². The third kappa shape index (κ3) is 3.56. The zero-order valence-corrected chi connectivity index (χ0v) is 14.5. The molecule has 0 bridgehead atoms. The molecule has 0 saturated carbocycles. The standard InChI is InChI=1S/C14H16N4OS3/c1-9-6-7-18(10-4-2-3-5-11(10)21-9)12(19)8-20-14-17-16-13(15)22-14/h2-5,9H,6-8H2,1H3,(H2,15,16)/t9-/m0/s1. The molecule has 0 aliphatic carbocycles. The Labute approximate surface area is 141 Å². The molecular formula is C14H16N4OS3. The number of fused-ring (bicyclic) bond motifs is 1. The molecule has 3 rings (SSSR count). The van der Waals surface area contributed by atoms with Gasteiger partial charge in [-0.3, -0.25) is 4.79 Å². The van der Waals surface area contributed by atoms with Crippen LogP contribution in [0.1, 0.15) is 13.3 Å². The average molecular weight is 353 g/mol. The minimum atomic E-state index is 0.0981. The molecule has 0 fully saturated rings. The summed E-state index contributed by atoms with van der Waals surface area (Å²) in [5, 5.41) is 8.64. The molecule has 0 saturated heterocycles. The summed E-state index contributed by atoms with van der Waals surface area (Å²) in [7, 11) is 0. The van der Waals surface area contributed by atoms with Gasteiger partial charge in [0.15, 0.2) is 4.34 Å². The maximum absolute atomic E-state index is 12.6. The summed E-state index contributed by atoms with van der Waals surface area (Å²) in [6.07, 6.45) is 0.988. The van der Waals surface area contributed by atoms with Gasteiger partial charge in [0.2, 0.25) is 11.0 Å². The van der Waals surface area contributed by atoms with Gasteiger partial charge in [0.1, 0.15) is 0 Å². The molecule has 8 heteroatoms. The molecule has 1 aliphatic rings. The Morgan fingerprint density at radius 1 is 1.45 bits per heavy atom. The predicted octanol–water partition coefficient (Wildman–Crippen LogP) is 3.13. The Bertz CT molecular complexity index is 676. The van der Waals surface area contributed by atoms with Crippen molar-refractivity contribution in [1.82, 2.24) is 10.2 Å². The van der Waals surface area contributed by atoms with Crippen LogP contribution in [0.25, 0.3) is 0 Å². The number of hydrogen-bond acceptors (Lipinski definition) is 7. The van der Waals surface area contributed by atoms with Crippen molar-refractivity contribution in [2.45, 2.75) is 27.8 Å². The molecule has 0 radical (unpaired) electrons. The Morgan fingerprint density at radius 2 is 2.27 bits per heavy atom. The second-order valence-electron chi connectivity index (χ2n) is 4.93. The van der Waals surface area contributed by atoms with Crippen LogP contribution >= 0.6 is 34.9 Å². The molecule has 22 heavy (non-hydrogen) atoms. The Kier molecular flexibility index (Phi) is 4.90. The molecule has 1 aliphatic heterocycles. The molecule has 2 heterocycles. The van der Waals surface area contributed by atoms with Gasteiger partial charge in [-0.05, 0) is 18.6 Å². The maximum Gasteiger partial charge on any atom is 0.237 e. The van der Waals surface area contributed by atoms with Crippen LogP contribution < -0.4 is 10.6 Å². The van der Waals surface area contributed by atoms with E-state index in [9.17, 15) is 4.79 Å². The fraction of sp³-hybridized carbons (Fsp3) is 0.357. The van der Waals surface area contributed by atoms with Gasteiger partial charge < -0.3 is 10.6 Å². The number of nitrogen functional groups attached to an aromatic ring is 1. The van der Waals surface area contributed by atoms with Crippen molar-refractivity contribution in [3.8, 4) is 0 Å². The van der Waals surface area contributed by atoms with Gasteiger partial charge in [0, 0.05) is 16.7 Å². The molecule has 0 spiro atoms. The summed E-state index contributed by atoms with van der Waals surface area (Å²) in [4.78, 5) is 15.7. The first-order chi connectivity index (χ1) is 10.6. The zero-order chi connectivity index (χ0) is 15.5. The maximum atomic E-state index is 12.6. The lowest BCUT2D eigenvalue weighted by Gasteiger charge is -2.22. The lowest BCUT2D eigenvalue weighted by molar-refractivity contribution is -0.116. The largest absolute Gasteiger partial charge is 0.374 e. The number of benzene rings is 1. The van der Waals surface area contributed by atoms with E-state index < -0.39 is 0 Å². The molecule has 2 N–H and O–H groups in total. The monoisotopic (exact) mass is 352 g/mol. The van der Waals surface area contributed by atoms with E-state index in [1.165, 1.54) is 28.0 Å². The summed E-state index contributed by atoms with van der Waals surface area (Å²) in [6, 6.07) is 8.10. The smallest absolute Gasteiger partial charge is 0.237 e. The van der Waals surface area contributed by atoms with Gasteiger partial charge in [0.05, 0.1) is 11.4 Å². The molecular weight excluding hydrogens is 336 g/mol. The third-order valence-electron chi connectivity index (χ3n) is 3.29. The van der Waals surface area contributed by atoms with E-state index in [4.69, 9.17) is 5.73 Å². The fourth-order valence-corrected chi connectivity index (χ4v) is 4.85. The van der Waals surface area contributed by atoms with Crippen molar-refractivity contribution in [3.63, 3.8) is 0 Å². The van der Waals surface area contributed by atoms with Crippen molar-refractivity contribution in [1.29, 1.82) is 0 Å². The van der Waals surface area contributed by atoms with Crippen LogP contribution in [0.2, 0.25) is 0 Å².